The van der Waals surface area contributed by atoms with Gasteiger partial charge in [0.2, 0.25) is 0 Å². The van der Waals surface area contributed by atoms with Crippen LogP contribution in [0.25, 0.3) is 0 Å². The third kappa shape index (κ3) is 3.87. The van der Waals surface area contributed by atoms with E-state index >= 15 is 0 Å². The average molecular weight is 241 g/mol. The molecule has 0 spiro atoms. The molecular weight excluding hydrogens is 224 g/mol. The van der Waals surface area contributed by atoms with Crippen molar-refractivity contribution in [3.8, 4) is 5.75 Å². The fourth-order valence-electron chi connectivity index (χ4n) is 1.39. The van der Waals surface area contributed by atoms with Gasteiger partial charge < -0.3 is 9.84 Å². The minimum absolute atomic E-state index is 0.576. The molecule has 1 rings (SSSR count). The highest BCUT2D eigenvalue weighted by Gasteiger charge is 2.09. The van der Waals surface area contributed by atoms with Crippen LogP contribution in [0.5, 0.6) is 5.75 Å². The second-order valence-electron chi connectivity index (χ2n) is 3.64. The van der Waals surface area contributed by atoms with Crippen LogP contribution in [0.2, 0.25) is 5.02 Å². The Labute approximate surface area is 102 Å². The standard InChI is InChI=1S/C13H17ClO2/c1-3-4-5-8-16-13-7-6-11(14)9-12(13)10(2)15/h3,6-7,9-10,15H,1,4-5,8H2,2H3/t10-/m0/s1. The molecule has 0 saturated heterocycles. The van der Waals surface area contributed by atoms with Crippen LogP contribution < -0.4 is 4.74 Å². The van der Waals surface area contributed by atoms with Gasteiger partial charge in [-0.05, 0) is 38.0 Å². The van der Waals surface area contributed by atoms with Gasteiger partial charge in [-0.3, -0.25) is 0 Å². The van der Waals surface area contributed by atoms with Crippen molar-refractivity contribution in [2.75, 3.05) is 6.61 Å². The van der Waals surface area contributed by atoms with Crippen molar-refractivity contribution < 1.29 is 9.84 Å². The summed E-state index contributed by atoms with van der Waals surface area (Å²) in [7, 11) is 0. The molecular formula is C13H17ClO2. The molecule has 0 aliphatic heterocycles. The first-order valence-electron chi connectivity index (χ1n) is 5.36. The smallest absolute Gasteiger partial charge is 0.125 e. The molecule has 3 heteroatoms. The minimum Gasteiger partial charge on any atom is -0.493 e. The van der Waals surface area contributed by atoms with Gasteiger partial charge in [0.25, 0.3) is 0 Å². The van der Waals surface area contributed by atoms with Gasteiger partial charge in [-0.25, -0.2) is 0 Å². The van der Waals surface area contributed by atoms with E-state index < -0.39 is 6.10 Å². The van der Waals surface area contributed by atoms with Gasteiger partial charge in [-0.2, -0.15) is 0 Å². The number of aliphatic hydroxyl groups is 1. The Balaban J connectivity index is 2.67. The molecule has 0 unspecified atom stereocenters. The van der Waals surface area contributed by atoms with Crippen molar-refractivity contribution >= 4 is 11.6 Å². The topological polar surface area (TPSA) is 29.5 Å². The van der Waals surface area contributed by atoms with E-state index in [1.165, 1.54) is 0 Å². The number of ether oxygens (including phenoxy) is 1. The Hall–Kier alpha value is -0.990. The summed E-state index contributed by atoms with van der Waals surface area (Å²) in [5.41, 5.74) is 0.728. The lowest BCUT2D eigenvalue weighted by molar-refractivity contribution is 0.191. The molecule has 0 amide bonds. The van der Waals surface area contributed by atoms with Crippen LogP contribution in [0.3, 0.4) is 0 Å². The lowest BCUT2D eigenvalue weighted by atomic mass is 10.1. The highest BCUT2D eigenvalue weighted by atomic mass is 35.5. The Morgan fingerprint density at radius 2 is 2.31 bits per heavy atom. The predicted octanol–water partition coefficient (Wildman–Crippen LogP) is 3.74. The van der Waals surface area contributed by atoms with Gasteiger partial charge in [0.15, 0.2) is 0 Å². The van der Waals surface area contributed by atoms with Crippen molar-refractivity contribution in [2.45, 2.75) is 25.9 Å². The normalized spacial score (nSPS) is 12.2. The first-order valence-corrected chi connectivity index (χ1v) is 5.74. The molecule has 0 aromatic heterocycles. The number of unbranched alkanes of at least 4 members (excludes halogenated alkanes) is 1. The number of rotatable bonds is 6. The molecule has 88 valence electrons. The van der Waals surface area contributed by atoms with E-state index in [9.17, 15) is 5.11 Å². The lowest BCUT2D eigenvalue weighted by Gasteiger charge is -2.13. The predicted molar refractivity (Wildman–Crippen MR) is 67.0 cm³/mol. The zero-order valence-electron chi connectivity index (χ0n) is 9.45. The number of hydrogen-bond acceptors (Lipinski definition) is 2. The van der Waals surface area contributed by atoms with Crippen LogP contribution in [0.15, 0.2) is 30.9 Å². The molecule has 1 atom stereocenters. The average Bonchev–Trinajstić information content (AvgIpc) is 2.26. The summed E-state index contributed by atoms with van der Waals surface area (Å²) in [6.45, 7) is 5.96. The summed E-state index contributed by atoms with van der Waals surface area (Å²) in [6.07, 6.45) is 3.14. The summed E-state index contributed by atoms with van der Waals surface area (Å²) in [6, 6.07) is 5.28. The van der Waals surface area contributed by atoms with Crippen LogP contribution in [-0.4, -0.2) is 11.7 Å². The lowest BCUT2D eigenvalue weighted by Crippen LogP contribution is -2.02. The van der Waals surface area contributed by atoms with Gasteiger partial charge in [0, 0.05) is 10.6 Å². The van der Waals surface area contributed by atoms with Crippen molar-refractivity contribution in [3.63, 3.8) is 0 Å². The number of allylic oxidation sites excluding steroid dienone is 1. The molecule has 0 aliphatic carbocycles. The Morgan fingerprint density at radius 1 is 1.56 bits per heavy atom. The number of hydrogen-bond donors (Lipinski definition) is 1. The molecule has 0 heterocycles. The molecule has 0 fully saturated rings. The van der Waals surface area contributed by atoms with Gasteiger partial charge >= 0.3 is 0 Å². The van der Waals surface area contributed by atoms with E-state index in [0.29, 0.717) is 17.4 Å². The molecule has 16 heavy (non-hydrogen) atoms. The molecule has 1 aromatic rings. The van der Waals surface area contributed by atoms with E-state index in [1.54, 1.807) is 25.1 Å². The van der Waals surface area contributed by atoms with Crippen LogP contribution >= 0.6 is 11.6 Å². The molecule has 0 saturated carbocycles. The highest BCUT2D eigenvalue weighted by molar-refractivity contribution is 6.30. The van der Waals surface area contributed by atoms with E-state index in [4.69, 9.17) is 16.3 Å². The van der Waals surface area contributed by atoms with Crippen LogP contribution in [-0.2, 0) is 0 Å². The SMILES string of the molecule is C=CCCCOc1ccc(Cl)cc1[C@H](C)O. The summed E-state index contributed by atoms with van der Waals surface area (Å²) >= 11 is 5.86. The Bertz CT molecular complexity index is 348. The summed E-state index contributed by atoms with van der Waals surface area (Å²) < 4.78 is 5.59. The van der Waals surface area contributed by atoms with Crippen LogP contribution in [0.1, 0.15) is 31.4 Å². The maximum absolute atomic E-state index is 9.58. The van der Waals surface area contributed by atoms with Gasteiger partial charge in [-0.15, -0.1) is 6.58 Å². The van der Waals surface area contributed by atoms with E-state index in [1.807, 2.05) is 6.08 Å². The van der Waals surface area contributed by atoms with Crippen LogP contribution in [0, 0.1) is 0 Å². The molecule has 0 radical (unpaired) electrons. The fourth-order valence-corrected chi connectivity index (χ4v) is 1.57. The summed E-state index contributed by atoms with van der Waals surface area (Å²) in [4.78, 5) is 0. The zero-order chi connectivity index (χ0) is 12.0. The number of halogens is 1. The quantitative estimate of drug-likeness (QED) is 0.606. The first kappa shape index (κ1) is 13.1. The third-order valence-electron chi connectivity index (χ3n) is 2.23. The van der Waals surface area contributed by atoms with Gasteiger partial charge in [0.1, 0.15) is 5.75 Å². The molecule has 1 N–H and O–H groups in total. The number of aliphatic hydroxyl groups excluding tert-OH is 1. The van der Waals surface area contributed by atoms with Crippen molar-refractivity contribution in [1.82, 2.24) is 0 Å². The minimum atomic E-state index is -0.576. The van der Waals surface area contributed by atoms with E-state index in [-0.39, 0.29) is 0 Å². The zero-order valence-corrected chi connectivity index (χ0v) is 10.2. The van der Waals surface area contributed by atoms with Crippen molar-refractivity contribution in [2.24, 2.45) is 0 Å². The van der Waals surface area contributed by atoms with Crippen molar-refractivity contribution in [1.29, 1.82) is 0 Å². The second-order valence-corrected chi connectivity index (χ2v) is 4.07. The molecule has 0 bridgehead atoms. The highest BCUT2D eigenvalue weighted by Crippen LogP contribution is 2.28. The Kier molecular flexibility index (Phi) is 5.36. The third-order valence-corrected chi connectivity index (χ3v) is 2.47. The van der Waals surface area contributed by atoms with Gasteiger partial charge in [0.05, 0.1) is 12.7 Å². The summed E-state index contributed by atoms with van der Waals surface area (Å²) in [5, 5.41) is 10.2. The van der Waals surface area contributed by atoms with Gasteiger partial charge in [-0.1, -0.05) is 17.7 Å². The largest absolute Gasteiger partial charge is 0.493 e. The van der Waals surface area contributed by atoms with Crippen LogP contribution in [0.4, 0.5) is 0 Å². The second kappa shape index (κ2) is 6.56. The monoisotopic (exact) mass is 240 g/mol. The maximum Gasteiger partial charge on any atom is 0.125 e. The summed E-state index contributed by atoms with van der Waals surface area (Å²) in [5.74, 6) is 0.698. The molecule has 2 nitrogen and oxygen atoms in total. The maximum atomic E-state index is 9.58. The molecule has 1 aromatic carbocycles. The first-order chi connectivity index (χ1) is 7.65. The van der Waals surface area contributed by atoms with Crippen molar-refractivity contribution in [3.05, 3.63) is 41.4 Å². The van der Waals surface area contributed by atoms with E-state index in [0.717, 1.165) is 18.4 Å². The van der Waals surface area contributed by atoms with E-state index in [2.05, 4.69) is 6.58 Å². The molecule has 0 aliphatic rings. The fraction of sp³-hybridized carbons (Fsp3) is 0.385. The number of benzene rings is 1. The Morgan fingerprint density at radius 3 is 2.94 bits per heavy atom.